The molecule has 0 aliphatic heterocycles. The Morgan fingerprint density at radius 3 is 2.33 bits per heavy atom. The Bertz CT molecular complexity index is 257. The van der Waals surface area contributed by atoms with E-state index in [0.29, 0.717) is 0 Å². The normalized spacial score (nSPS) is 30.9. The van der Waals surface area contributed by atoms with Gasteiger partial charge in [-0.1, -0.05) is 6.92 Å². The van der Waals surface area contributed by atoms with Gasteiger partial charge in [0.25, 0.3) is 0 Å². The molecule has 3 N–H and O–H groups in total. The number of hydrogen-bond acceptors (Lipinski definition) is 3. The lowest BCUT2D eigenvalue weighted by Crippen LogP contribution is -2.46. The van der Waals surface area contributed by atoms with E-state index in [4.69, 9.17) is 10.5 Å². The van der Waals surface area contributed by atoms with E-state index in [-0.39, 0.29) is 12.0 Å². The van der Waals surface area contributed by atoms with Gasteiger partial charge in [0.15, 0.2) is 0 Å². The molecular weight excluding hydrogens is 196 g/mol. The second kappa shape index (κ2) is 4.61. The van der Waals surface area contributed by atoms with E-state index >= 15 is 0 Å². The first-order chi connectivity index (χ1) is 6.98. The molecule has 1 aliphatic carbocycles. The van der Waals surface area contributed by atoms with Gasteiger partial charge >= 0.3 is 6.03 Å². The van der Waals surface area contributed by atoms with Crippen LogP contribution in [-0.2, 0) is 9.53 Å². The number of carbonyl (C=O) groups excluding carboxylic acids is 2. The van der Waals surface area contributed by atoms with Crippen LogP contribution in [0.3, 0.4) is 0 Å². The van der Waals surface area contributed by atoms with Crippen molar-refractivity contribution in [3.05, 3.63) is 0 Å². The summed E-state index contributed by atoms with van der Waals surface area (Å²) in [5, 5.41) is 2.14. The molecule has 0 atom stereocenters. The maximum Gasteiger partial charge on any atom is 0.318 e. The fraction of sp³-hybridized carbons (Fsp3) is 0.800. The van der Waals surface area contributed by atoms with Crippen molar-refractivity contribution in [1.29, 1.82) is 0 Å². The Morgan fingerprint density at radius 1 is 1.40 bits per heavy atom. The average molecular weight is 214 g/mol. The molecule has 1 saturated carbocycles. The Kier molecular flexibility index (Phi) is 3.68. The fourth-order valence-electron chi connectivity index (χ4n) is 1.95. The predicted octanol–water partition coefficient (Wildman–Crippen LogP) is 0.777. The number of imide groups is 1. The van der Waals surface area contributed by atoms with Crippen LogP contribution in [0.25, 0.3) is 0 Å². The van der Waals surface area contributed by atoms with Crippen LogP contribution in [0.15, 0.2) is 0 Å². The number of hydrogen-bond donors (Lipinski definition) is 2. The highest BCUT2D eigenvalue weighted by molar-refractivity contribution is 5.96. The quantitative estimate of drug-likeness (QED) is 0.712. The number of ether oxygens (including phenoxy) is 1. The van der Waals surface area contributed by atoms with Crippen LogP contribution in [0.2, 0.25) is 0 Å². The van der Waals surface area contributed by atoms with E-state index in [1.165, 1.54) is 0 Å². The number of carbonyl (C=O) groups is 2. The predicted molar refractivity (Wildman–Crippen MR) is 55.1 cm³/mol. The summed E-state index contributed by atoms with van der Waals surface area (Å²) >= 11 is 0. The van der Waals surface area contributed by atoms with Crippen molar-refractivity contribution in [2.45, 2.75) is 38.7 Å². The molecule has 15 heavy (non-hydrogen) atoms. The lowest BCUT2D eigenvalue weighted by Gasteiger charge is -2.34. The van der Waals surface area contributed by atoms with E-state index in [0.717, 1.165) is 25.7 Å². The largest absolute Gasteiger partial charge is 0.381 e. The second-order valence-corrected chi connectivity index (χ2v) is 4.31. The monoisotopic (exact) mass is 214 g/mol. The molecule has 0 unspecified atom stereocenters. The number of urea groups is 1. The summed E-state index contributed by atoms with van der Waals surface area (Å²) in [5.74, 6) is -0.274. The van der Waals surface area contributed by atoms with Gasteiger partial charge in [-0.15, -0.1) is 0 Å². The Hall–Kier alpha value is -1.10. The highest BCUT2D eigenvalue weighted by atomic mass is 16.5. The molecule has 0 bridgehead atoms. The van der Waals surface area contributed by atoms with Crippen LogP contribution in [0.5, 0.6) is 0 Å². The Morgan fingerprint density at radius 2 is 1.93 bits per heavy atom. The van der Waals surface area contributed by atoms with Gasteiger partial charge in [-0.05, 0) is 25.7 Å². The van der Waals surface area contributed by atoms with Gasteiger partial charge in [-0.25, -0.2) is 4.79 Å². The summed E-state index contributed by atoms with van der Waals surface area (Å²) in [6.07, 6.45) is 3.38. The first-order valence-electron chi connectivity index (χ1n) is 5.11. The third-order valence-corrected chi connectivity index (χ3v) is 3.15. The fourth-order valence-corrected chi connectivity index (χ4v) is 1.95. The summed E-state index contributed by atoms with van der Waals surface area (Å²) < 4.78 is 5.22. The Balaban J connectivity index is 2.54. The van der Waals surface area contributed by atoms with Crippen molar-refractivity contribution in [3.8, 4) is 0 Å². The van der Waals surface area contributed by atoms with Crippen molar-refractivity contribution < 1.29 is 14.3 Å². The first kappa shape index (κ1) is 12.0. The molecule has 0 aromatic heterocycles. The summed E-state index contributed by atoms with van der Waals surface area (Å²) in [5.41, 5.74) is 4.43. The van der Waals surface area contributed by atoms with Gasteiger partial charge < -0.3 is 10.5 Å². The molecule has 0 spiro atoms. The third-order valence-electron chi connectivity index (χ3n) is 3.15. The van der Waals surface area contributed by atoms with Gasteiger partial charge in [0.05, 0.1) is 6.10 Å². The summed E-state index contributed by atoms with van der Waals surface area (Å²) in [4.78, 5) is 22.3. The minimum Gasteiger partial charge on any atom is -0.381 e. The minimum atomic E-state index is -0.782. The van der Waals surface area contributed by atoms with Gasteiger partial charge in [0.1, 0.15) is 0 Å². The third kappa shape index (κ3) is 2.92. The minimum absolute atomic E-state index is 0.236. The smallest absolute Gasteiger partial charge is 0.318 e. The van der Waals surface area contributed by atoms with Crippen LogP contribution in [0, 0.1) is 5.41 Å². The van der Waals surface area contributed by atoms with E-state index in [1.807, 2.05) is 6.92 Å². The van der Waals surface area contributed by atoms with Crippen molar-refractivity contribution in [2.24, 2.45) is 11.1 Å². The van der Waals surface area contributed by atoms with E-state index < -0.39 is 11.4 Å². The number of nitrogens with two attached hydrogens (primary N) is 1. The molecule has 0 radical (unpaired) electrons. The van der Waals surface area contributed by atoms with Crippen LogP contribution in [-0.4, -0.2) is 25.2 Å². The average Bonchev–Trinajstić information content (AvgIpc) is 2.18. The number of amides is 3. The van der Waals surface area contributed by atoms with Gasteiger partial charge in [0.2, 0.25) is 5.91 Å². The maximum absolute atomic E-state index is 11.7. The van der Waals surface area contributed by atoms with E-state index in [2.05, 4.69) is 5.32 Å². The van der Waals surface area contributed by atoms with Crippen molar-refractivity contribution in [2.75, 3.05) is 7.11 Å². The molecule has 1 fully saturated rings. The lowest BCUT2D eigenvalue weighted by atomic mass is 9.74. The number of rotatable bonds is 2. The zero-order chi connectivity index (χ0) is 11.5. The molecule has 0 aromatic rings. The van der Waals surface area contributed by atoms with Crippen molar-refractivity contribution in [1.82, 2.24) is 5.32 Å². The molecule has 0 aromatic carbocycles. The highest BCUT2D eigenvalue weighted by Gasteiger charge is 2.37. The summed E-state index contributed by atoms with van der Waals surface area (Å²) in [6.45, 7) is 1.86. The molecule has 1 rings (SSSR count). The first-order valence-corrected chi connectivity index (χ1v) is 5.11. The molecule has 1 aliphatic rings. The SMILES string of the molecule is COC1CCC(C)(C(=O)NC(N)=O)CC1. The number of nitrogens with one attached hydrogen (secondary N) is 1. The van der Waals surface area contributed by atoms with Crippen LogP contribution in [0.4, 0.5) is 4.79 Å². The molecule has 5 nitrogen and oxygen atoms in total. The van der Waals surface area contributed by atoms with Crippen molar-refractivity contribution in [3.63, 3.8) is 0 Å². The van der Waals surface area contributed by atoms with Gasteiger partial charge in [-0.3, -0.25) is 10.1 Å². The summed E-state index contributed by atoms with van der Waals surface area (Å²) in [6, 6.07) is -0.782. The highest BCUT2D eigenvalue weighted by Crippen LogP contribution is 2.36. The lowest BCUT2D eigenvalue weighted by molar-refractivity contribution is -0.132. The van der Waals surface area contributed by atoms with E-state index in [9.17, 15) is 9.59 Å². The topological polar surface area (TPSA) is 81.4 Å². The van der Waals surface area contributed by atoms with E-state index in [1.54, 1.807) is 7.11 Å². The number of methoxy groups -OCH3 is 1. The van der Waals surface area contributed by atoms with Crippen LogP contribution >= 0.6 is 0 Å². The maximum atomic E-state index is 11.7. The van der Waals surface area contributed by atoms with Gasteiger partial charge in [-0.2, -0.15) is 0 Å². The standard InChI is InChI=1S/C10H18N2O3/c1-10(8(13)12-9(11)14)5-3-7(15-2)4-6-10/h7H,3-6H2,1-2H3,(H3,11,12,13,14). The molecule has 86 valence electrons. The zero-order valence-corrected chi connectivity index (χ0v) is 9.21. The summed E-state index contributed by atoms with van der Waals surface area (Å²) in [7, 11) is 1.68. The molecule has 0 heterocycles. The zero-order valence-electron chi connectivity index (χ0n) is 9.21. The molecule has 5 heteroatoms. The molecule has 0 saturated heterocycles. The number of primary amides is 1. The van der Waals surface area contributed by atoms with Crippen LogP contribution in [0.1, 0.15) is 32.6 Å². The Labute approximate surface area is 89.3 Å². The van der Waals surface area contributed by atoms with Crippen molar-refractivity contribution >= 4 is 11.9 Å². The second-order valence-electron chi connectivity index (χ2n) is 4.31. The molecule has 3 amide bonds. The van der Waals surface area contributed by atoms with Crippen LogP contribution < -0.4 is 11.1 Å². The molecular formula is C10H18N2O3. The van der Waals surface area contributed by atoms with Gasteiger partial charge in [0, 0.05) is 12.5 Å².